The molecule has 0 aliphatic heterocycles. The molecule has 0 saturated heterocycles. The van der Waals surface area contributed by atoms with E-state index in [9.17, 15) is 0 Å². The highest BCUT2D eigenvalue weighted by molar-refractivity contribution is 5.03. The first kappa shape index (κ1) is 12.6. The van der Waals surface area contributed by atoms with Gasteiger partial charge in [0.25, 0.3) is 0 Å². The molecule has 1 fully saturated rings. The molecule has 1 N–H and O–H groups in total. The lowest BCUT2D eigenvalue weighted by molar-refractivity contribution is 0.444. The lowest BCUT2D eigenvalue weighted by Crippen LogP contribution is -2.26. The van der Waals surface area contributed by atoms with Crippen LogP contribution in [0.5, 0.6) is 0 Å². The van der Waals surface area contributed by atoms with Crippen molar-refractivity contribution in [1.82, 2.24) is 14.9 Å². The second-order valence-electron chi connectivity index (χ2n) is 5.78. The maximum atomic E-state index is 4.26. The van der Waals surface area contributed by atoms with Gasteiger partial charge in [0.05, 0.1) is 12.0 Å². The SMILES string of the molecule is CC(C)CCC(C)NCc1cncn1C1CC1. The predicted molar refractivity (Wildman–Crippen MR) is 70.9 cm³/mol. The zero-order chi connectivity index (χ0) is 12.3. The summed E-state index contributed by atoms with van der Waals surface area (Å²) in [5.41, 5.74) is 1.34. The number of aromatic nitrogens is 2. The largest absolute Gasteiger partial charge is 0.330 e. The monoisotopic (exact) mass is 235 g/mol. The molecule has 1 atom stereocenters. The summed E-state index contributed by atoms with van der Waals surface area (Å²) in [6, 6.07) is 1.33. The molecule has 1 aromatic heterocycles. The minimum Gasteiger partial charge on any atom is -0.330 e. The molecule has 1 aliphatic rings. The minimum atomic E-state index is 0.597. The van der Waals surface area contributed by atoms with Crippen molar-refractivity contribution in [2.24, 2.45) is 5.92 Å². The maximum absolute atomic E-state index is 4.26. The summed E-state index contributed by atoms with van der Waals surface area (Å²) in [7, 11) is 0. The van der Waals surface area contributed by atoms with E-state index >= 15 is 0 Å². The van der Waals surface area contributed by atoms with Gasteiger partial charge in [-0.15, -0.1) is 0 Å². The van der Waals surface area contributed by atoms with Gasteiger partial charge in [-0.05, 0) is 38.5 Å². The Hall–Kier alpha value is -0.830. The lowest BCUT2D eigenvalue weighted by Gasteiger charge is -2.15. The van der Waals surface area contributed by atoms with Crippen molar-refractivity contribution < 1.29 is 0 Å². The van der Waals surface area contributed by atoms with E-state index in [-0.39, 0.29) is 0 Å². The Kier molecular flexibility index (Phi) is 4.21. The summed E-state index contributed by atoms with van der Waals surface area (Å²) in [6.07, 6.45) is 9.19. The third kappa shape index (κ3) is 3.84. The first-order valence-corrected chi connectivity index (χ1v) is 6.91. The smallest absolute Gasteiger partial charge is 0.0951 e. The van der Waals surface area contributed by atoms with Gasteiger partial charge in [-0.3, -0.25) is 0 Å². The van der Waals surface area contributed by atoms with Gasteiger partial charge >= 0.3 is 0 Å². The average molecular weight is 235 g/mol. The summed E-state index contributed by atoms with van der Waals surface area (Å²) in [5, 5.41) is 3.60. The average Bonchev–Trinajstić information content (AvgIpc) is 3.03. The fourth-order valence-corrected chi connectivity index (χ4v) is 2.11. The van der Waals surface area contributed by atoms with Crippen LogP contribution < -0.4 is 5.32 Å². The van der Waals surface area contributed by atoms with E-state index in [1.54, 1.807) is 0 Å². The highest BCUT2D eigenvalue weighted by atomic mass is 15.1. The quantitative estimate of drug-likeness (QED) is 0.787. The van der Waals surface area contributed by atoms with Gasteiger partial charge in [-0.2, -0.15) is 0 Å². The van der Waals surface area contributed by atoms with Crippen molar-refractivity contribution in [3.8, 4) is 0 Å². The molecule has 0 spiro atoms. The second kappa shape index (κ2) is 5.67. The highest BCUT2D eigenvalue weighted by Crippen LogP contribution is 2.35. The first-order valence-electron chi connectivity index (χ1n) is 6.91. The third-order valence-electron chi connectivity index (χ3n) is 3.50. The van der Waals surface area contributed by atoms with Crippen LogP contribution in [0.1, 0.15) is 58.2 Å². The topological polar surface area (TPSA) is 29.9 Å². The van der Waals surface area contributed by atoms with Gasteiger partial charge in [0.15, 0.2) is 0 Å². The summed E-state index contributed by atoms with van der Waals surface area (Å²) >= 11 is 0. The summed E-state index contributed by atoms with van der Waals surface area (Å²) < 4.78 is 2.34. The van der Waals surface area contributed by atoms with E-state index in [2.05, 4.69) is 35.6 Å². The minimum absolute atomic E-state index is 0.597. The van der Waals surface area contributed by atoms with Gasteiger partial charge in [0.2, 0.25) is 0 Å². The standard InChI is InChI=1S/C14H25N3/c1-11(2)4-5-12(3)16-9-14-8-15-10-17(14)13-6-7-13/h8,10-13,16H,4-7,9H2,1-3H3. The Morgan fingerprint density at radius 3 is 2.76 bits per heavy atom. The van der Waals surface area contributed by atoms with Crippen LogP contribution in [0, 0.1) is 5.92 Å². The Bertz CT molecular complexity index is 339. The molecule has 3 heteroatoms. The molecular formula is C14H25N3. The highest BCUT2D eigenvalue weighted by Gasteiger charge is 2.25. The molecule has 1 saturated carbocycles. The molecule has 96 valence electrons. The molecule has 2 rings (SSSR count). The molecule has 1 heterocycles. The molecule has 0 radical (unpaired) electrons. The normalized spacial score (nSPS) is 17.6. The Balaban J connectivity index is 1.75. The van der Waals surface area contributed by atoms with Gasteiger partial charge in [-0.1, -0.05) is 13.8 Å². The van der Waals surface area contributed by atoms with E-state index in [0.717, 1.165) is 18.5 Å². The van der Waals surface area contributed by atoms with Crippen LogP contribution in [0.25, 0.3) is 0 Å². The lowest BCUT2D eigenvalue weighted by atomic mass is 10.0. The van der Waals surface area contributed by atoms with Crippen molar-refractivity contribution in [2.45, 2.75) is 65.1 Å². The molecule has 17 heavy (non-hydrogen) atoms. The molecule has 1 aromatic rings. The zero-order valence-electron chi connectivity index (χ0n) is 11.3. The number of nitrogens with one attached hydrogen (secondary N) is 1. The van der Waals surface area contributed by atoms with Crippen molar-refractivity contribution in [2.75, 3.05) is 0 Å². The summed E-state index contributed by atoms with van der Waals surface area (Å²) in [4.78, 5) is 4.26. The van der Waals surface area contributed by atoms with E-state index in [1.165, 1.54) is 31.4 Å². The van der Waals surface area contributed by atoms with Crippen molar-refractivity contribution in [1.29, 1.82) is 0 Å². The second-order valence-corrected chi connectivity index (χ2v) is 5.78. The Morgan fingerprint density at radius 2 is 2.12 bits per heavy atom. The molecule has 0 amide bonds. The van der Waals surface area contributed by atoms with Gasteiger partial charge in [-0.25, -0.2) is 4.98 Å². The fraction of sp³-hybridized carbons (Fsp3) is 0.786. The number of rotatable bonds is 7. The fourth-order valence-electron chi connectivity index (χ4n) is 2.11. The van der Waals surface area contributed by atoms with E-state index in [4.69, 9.17) is 0 Å². The van der Waals surface area contributed by atoms with Gasteiger partial charge < -0.3 is 9.88 Å². The summed E-state index contributed by atoms with van der Waals surface area (Å²) in [6.45, 7) is 7.81. The van der Waals surface area contributed by atoms with Crippen LogP contribution in [0.15, 0.2) is 12.5 Å². The molecular weight excluding hydrogens is 210 g/mol. The number of imidazole rings is 1. The van der Waals surface area contributed by atoms with E-state index < -0.39 is 0 Å². The third-order valence-corrected chi connectivity index (χ3v) is 3.50. The molecule has 0 bridgehead atoms. The van der Waals surface area contributed by atoms with Crippen molar-refractivity contribution >= 4 is 0 Å². The number of hydrogen-bond acceptors (Lipinski definition) is 2. The summed E-state index contributed by atoms with van der Waals surface area (Å²) in [5.74, 6) is 0.802. The van der Waals surface area contributed by atoms with Crippen LogP contribution >= 0.6 is 0 Å². The van der Waals surface area contributed by atoms with Crippen molar-refractivity contribution in [3.05, 3.63) is 18.2 Å². The van der Waals surface area contributed by atoms with Crippen LogP contribution in [-0.2, 0) is 6.54 Å². The number of nitrogens with zero attached hydrogens (tertiary/aromatic N) is 2. The molecule has 1 aliphatic carbocycles. The predicted octanol–water partition coefficient (Wildman–Crippen LogP) is 3.13. The maximum Gasteiger partial charge on any atom is 0.0951 e. The van der Waals surface area contributed by atoms with E-state index in [0.29, 0.717) is 6.04 Å². The van der Waals surface area contributed by atoms with E-state index in [1.807, 2.05) is 12.5 Å². The Labute approximate surface area is 105 Å². The number of hydrogen-bond donors (Lipinski definition) is 1. The zero-order valence-corrected chi connectivity index (χ0v) is 11.3. The van der Waals surface area contributed by atoms with Crippen LogP contribution in [0.2, 0.25) is 0 Å². The Morgan fingerprint density at radius 1 is 1.35 bits per heavy atom. The molecule has 3 nitrogen and oxygen atoms in total. The van der Waals surface area contributed by atoms with Gasteiger partial charge in [0, 0.05) is 24.8 Å². The molecule has 0 aromatic carbocycles. The molecule has 1 unspecified atom stereocenters. The van der Waals surface area contributed by atoms with Crippen LogP contribution in [0.4, 0.5) is 0 Å². The van der Waals surface area contributed by atoms with Crippen molar-refractivity contribution in [3.63, 3.8) is 0 Å². The van der Waals surface area contributed by atoms with Gasteiger partial charge in [0.1, 0.15) is 0 Å². The first-order chi connectivity index (χ1) is 8.16. The van der Waals surface area contributed by atoms with Crippen LogP contribution in [-0.4, -0.2) is 15.6 Å². The van der Waals surface area contributed by atoms with Crippen LogP contribution in [0.3, 0.4) is 0 Å².